The van der Waals surface area contributed by atoms with Gasteiger partial charge in [-0.15, -0.1) is 0 Å². The Morgan fingerprint density at radius 1 is 1.33 bits per heavy atom. The van der Waals surface area contributed by atoms with E-state index in [0.717, 1.165) is 12.2 Å². The maximum atomic E-state index is 6.01. The molecule has 0 spiro atoms. The Balaban J connectivity index is 1.95. The third-order valence-electron chi connectivity index (χ3n) is 4.42. The summed E-state index contributed by atoms with van der Waals surface area (Å²) in [6.07, 6.45) is 3.86. The Morgan fingerprint density at radius 3 is 2.56 bits per heavy atom. The summed E-state index contributed by atoms with van der Waals surface area (Å²) in [5.74, 6) is 0. The molecule has 2 rings (SSSR count). The van der Waals surface area contributed by atoms with Gasteiger partial charge < -0.3 is 5.73 Å². The molecule has 1 aromatic rings. The molecule has 1 aromatic carbocycles. The lowest BCUT2D eigenvalue weighted by Gasteiger charge is -2.39. The summed E-state index contributed by atoms with van der Waals surface area (Å²) in [6, 6.07) is 5.82. The fourth-order valence-electron chi connectivity index (χ4n) is 2.56. The minimum Gasteiger partial charge on any atom is -0.398 e. The number of nitrogen functional groups attached to an aromatic ring is 1. The third kappa shape index (κ3) is 3.18. The number of anilines is 1. The van der Waals surface area contributed by atoms with Gasteiger partial charge >= 0.3 is 0 Å². The molecule has 1 aliphatic heterocycles. The van der Waals surface area contributed by atoms with Gasteiger partial charge in [-0.2, -0.15) is 0 Å². The lowest BCUT2D eigenvalue weighted by Crippen LogP contribution is -2.38. The molecule has 100 valence electrons. The largest absolute Gasteiger partial charge is 0.398 e. The van der Waals surface area contributed by atoms with Crippen molar-refractivity contribution in [2.45, 2.75) is 39.7 Å². The second-order valence-corrected chi connectivity index (χ2v) is 6.22. The van der Waals surface area contributed by atoms with E-state index in [1.165, 1.54) is 37.9 Å². The molecule has 0 atom stereocenters. The fourth-order valence-corrected chi connectivity index (χ4v) is 2.74. The van der Waals surface area contributed by atoms with Crippen molar-refractivity contribution >= 4 is 17.3 Å². The lowest BCUT2D eigenvalue weighted by atomic mass is 9.78. The van der Waals surface area contributed by atoms with E-state index in [9.17, 15) is 0 Å². The Labute approximate surface area is 115 Å². The summed E-state index contributed by atoms with van der Waals surface area (Å²) in [4.78, 5) is 2.50. The number of nitrogens with zero attached hydrogens (tertiary/aromatic N) is 1. The van der Waals surface area contributed by atoms with Crippen LogP contribution >= 0.6 is 11.6 Å². The Bertz CT molecular complexity index is 409. The molecule has 2 N–H and O–H groups in total. The first-order chi connectivity index (χ1) is 8.52. The zero-order valence-corrected chi connectivity index (χ0v) is 12.1. The molecule has 18 heavy (non-hydrogen) atoms. The van der Waals surface area contributed by atoms with Crippen LogP contribution in [-0.4, -0.2) is 18.0 Å². The number of hydrogen-bond donors (Lipinski definition) is 1. The monoisotopic (exact) mass is 266 g/mol. The highest BCUT2D eigenvalue weighted by Gasteiger charge is 2.28. The Kier molecular flexibility index (Phi) is 4.18. The van der Waals surface area contributed by atoms with Gasteiger partial charge in [-0.25, -0.2) is 0 Å². The molecule has 0 amide bonds. The topological polar surface area (TPSA) is 29.3 Å². The normalized spacial score (nSPS) is 19.9. The smallest absolute Gasteiger partial charge is 0.0426 e. The lowest BCUT2D eigenvalue weighted by molar-refractivity contribution is 0.110. The summed E-state index contributed by atoms with van der Waals surface area (Å²) in [5.41, 5.74) is 8.56. The van der Waals surface area contributed by atoms with Gasteiger partial charge in [-0.3, -0.25) is 4.90 Å². The molecule has 0 bridgehead atoms. The van der Waals surface area contributed by atoms with Gasteiger partial charge in [0.2, 0.25) is 0 Å². The second-order valence-electron chi connectivity index (χ2n) is 5.78. The highest BCUT2D eigenvalue weighted by atomic mass is 35.5. The minimum absolute atomic E-state index is 0.544. The zero-order chi connectivity index (χ0) is 13.2. The number of likely N-dealkylation sites (tertiary alicyclic amines) is 1. The van der Waals surface area contributed by atoms with E-state index < -0.39 is 0 Å². The van der Waals surface area contributed by atoms with E-state index in [4.69, 9.17) is 17.3 Å². The Morgan fingerprint density at radius 2 is 2.00 bits per heavy atom. The van der Waals surface area contributed by atoms with E-state index in [0.29, 0.717) is 10.4 Å². The average Bonchev–Trinajstić information content (AvgIpc) is 2.36. The van der Waals surface area contributed by atoms with Crippen LogP contribution in [-0.2, 0) is 6.54 Å². The van der Waals surface area contributed by atoms with E-state index >= 15 is 0 Å². The van der Waals surface area contributed by atoms with Crippen LogP contribution in [0.2, 0.25) is 5.02 Å². The summed E-state index contributed by atoms with van der Waals surface area (Å²) < 4.78 is 0. The molecule has 0 aliphatic carbocycles. The first kappa shape index (κ1) is 13.7. The van der Waals surface area contributed by atoms with Crippen LogP contribution in [0.15, 0.2) is 18.2 Å². The van der Waals surface area contributed by atoms with E-state index in [1.54, 1.807) is 0 Å². The van der Waals surface area contributed by atoms with Crippen molar-refractivity contribution in [2.24, 2.45) is 5.41 Å². The SMILES string of the molecule is CCC1(C)CCN(Cc2ccc(Cl)cc2N)CC1. The van der Waals surface area contributed by atoms with E-state index in [1.807, 2.05) is 18.2 Å². The number of nitrogens with two attached hydrogens (primary N) is 1. The van der Waals surface area contributed by atoms with Crippen LogP contribution in [0.3, 0.4) is 0 Å². The second kappa shape index (κ2) is 5.50. The predicted molar refractivity (Wildman–Crippen MR) is 78.8 cm³/mol. The van der Waals surface area contributed by atoms with Gasteiger partial charge in [0.1, 0.15) is 0 Å². The molecule has 0 aromatic heterocycles. The van der Waals surface area contributed by atoms with Gasteiger partial charge in [0.05, 0.1) is 0 Å². The third-order valence-corrected chi connectivity index (χ3v) is 4.65. The number of benzene rings is 1. The van der Waals surface area contributed by atoms with Gasteiger partial charge in [-0.05, 0) is 49.0 Å². The van der Waals surface area contributed by atoms with Crippen molar-refractivity contribution in [3.63, 3.8) is 0 Å². The summed E-state index contributed by atoms with van der Waals surface area (Å²) in [5, 5.41) is 0.716. The quantitative estimate of drug-likeness (QED) is 0.840. The number of halogens is 1. The summed E-state index contributed by atoms with van der Waals surface area (Å²) in [7, 11) is 0. The summed E-state index contributed by atoms with van der Waals surface area (Å²) >= 11 is 5.92. The molecule has 3 heteroatoms. The average molecular weight is 267 g/mol. The number of hydrogen-bond acceptors (Lipinski definition) is 2. The molecule has 0 radical (unpaired) electrons. The molecule has 0 unspecified atom stereocenters. The van der Waals surface area contributed by atoms with E-state index in [-0.39, 0.29) is 0 Å². The van der Waals surface area contributed by atoms with Crippen LogP contribution < -0.4 is 5.73 Å². The molecular formula is C15H23ClN2. The van der Waals surface area contributed by atoms with Gasteiger partial charge in [-0.1, -0.05) is 37.9 Å². The fraction of sp³-hybridized carbons (Fsp3) is 0.600. The van der Waals surface area contributed by atoms with Gasteiger partial charge in [0.15, 0.2) is 0 Å². The highest BCUT2D eigenvalue weighted by molar-refractivity contribution is 6.30. The number of piperidine rings is 1. The highest BCUT2D eigenvalue weighted by Crippen LogP contribution is 2.34. The van der Waals surface area contributed by atoms with Crippen molar-refractivity contribution in [1.29, 1.82) is 0 Å². The molecule has 0 saturated carbocycles. The van der Waals surface area contributed by atoms with Crippen molar-refractivity contribution in [1.82, 2.24) is 4.90 Å². The van der Waals surface area contributed by atoms with Crippen molar-refractivity contribution in [3.8, 4) is 0 Å². The van der Waals surface area contributed by atoms with Crippen molar-refractivity contribution < 1.29 is 0 Å². The minimum atomic E-state index is 0.544. The zero-order valence-electron chi connectivity index (χ0n) is 11.4. The maximum absolute atomic E-state index is 6.01. The Hall–Kier alpha value is -0.730. The predicted octanol–water partition coefficient (Wildman–Crippen LogP) is 3.93. The van der Waals surface area contributed by atoms with Crippen LogP contribution in [0.5, 0.6) is 0 Å². The van der Waals surface area contributed by atoms with Crippen molar-refractivity contribution in [2.75, 3.05) is 18.8 Å². The molecule has 2 nitrogen and oxygen atoms in total. The number of rotatable bonds is 3. The molecular weight excluding hydrogens is 244 g/mol. The van der Waals surface area contributed by atoms with Crippen molar-refractivity contribution in [3.05, 3.63) is 28.8 Å². The van der Waals surface area contributed by atoms with Crippen LogP contribution in [0.25, 0.3) is 0 Å². The maximum Gasteiger partial charge on any atom is 0.0426 e. The molecule has 1 aliphatic rings. The molecule has 1 saturated heterocycles. The first-order valence-corrected chi connectivity index (χ1v) is 7.16. The van der Waals surface area contributed by atoms with E-state index in [2.05, 4.69) is 18.7 Å². The van der Waals surface area contributed by atoms with Gasteiger partial charge in [0.25, 0.3) is 0 Å². The van der Waals surface area contributed by atoms with Crippen LogP contribution in [0.4, 0.5) is 5.69 Å². The molecule has 1 heterocycles. The molecule has 1 fully saturated rings. The summed E-state index contributed by atoms with van der Waals surface area (Å²) in [6.45, 7) is 8.00. The standard InChI is InChI=1S/C15H23ClN2/c1-3-15(2)6-8-18(9-7-15)11-12-4-5-13(16)10-14(12)17/h4-5,10H,3,6-9,11,17H2,1-2H3. The van der Waals surface area contributed by atoms with Crippen LogP contribution in [0, 0.1) is 5.41 Å². The van der Waals surface area contributed by atoms with Gasteiger partial charge in [0, 0.05) is 17.3 Å². The van der Waals surface area contributed by atoms with Crippen LogP contribution in [0.1, 0.15) is 38.7 Å². The first-order valence-electron chi connectivity index (χ1n) is 6.79.